The Labute approximate surface area is 223 Å². The number of carbonyl (C=O) groups is 1. The Hall–Kier alpha value is 1.02. The summed E-state index contributed by atoms with van der Waals surface area (Å²) >= 11 is 0. The first-order valence-corrected chi connectivity index (χ1v) is 13.1. The van der Waals surface area contributed by atoms with Crippen LogP contribution >= 0.6 is 0 Å². The smallest absolute Gasteiger partial charge is 0.748 e. The van der Waals surface area contributed by atoms with E-state index in [-0.39, 0.29) is 63.7 Å². The maximum Gasteiger partial charge on any atom is 1.00 e. The number of hydrogen-bond donors (Lipinski definition) is 0. The first kappa shape index (κ1) is 32.2. The van der Waals surface area contributed by atoms with Gasteiger partial charge in [-0.3, -0.25) is 4.79 Å². The standard InChI is InChI=1S/C22H45NO4S.K/c1-3-4-5-6-7-8-9-10-11-12-13-14-15-16-17-19-22(24)23(2)20-18-21-28(25,26)27;/h3-21H2,1-2H3,(H,25,26,27);/q;+1/p-1. The Bertz CT molecular complexity index is 471. The van der Waals surface area contributed by atoms with Crippen LogP contribution in [0.1, 0.15) is 116 Å². The Morgan fingerprint density at radius 2 is 1.10 bits per heavy atom. The van der Waals surface area contributed by atoms with Crippen LogP contribution in [0.2, 0.25) is 0 Å². The second kappa shape index (κ2) is 22.2. The molecule has 0 atom stereocenters. The predicted octanol–water partition coefficient (Wildman–Crippen LogP) is 2.65. The van der Waals surface area contributed by atoms with E-state index in [2.05, 4.69) is 6.92 Å². The molecule has 0 N–H and O–H groups in total. The Morgan fingerprint density at radius 3 is 1.48 bits per heavy atom. The van der Waals surface area contributed by atoms with Gasteiger partial charge in [0.15, 0.2) is 0 Å². The van der Waals surface area contributed by atoms with E-state index >= 15 is 0 Å². The summed E-state index contributed by atoms with van der Waals surface area (Å²) in [7, 11) is -2.51. The number of rotatable bonds is 20. The summed E-state index contributed by atoms with van der Waals surface area (Å²) in [6.07, 6.45) is 20.2. The van der Waals surface area contributed by atoms with Gasteiger partial charge in [-0.1, -0.05) is 96.8 Å². The molecule has 29 heavy (non-hydrogen) atoms. The van der Waals surface area contributed by atoms with Crippen molar-refractivity contribution in [3.63, 3.8) is 0 Å². The van der Waals surface area contributed by atoms with Gasteiger partial charge in [-0.05, 0) is 12.8 Å². The van der Waals surface area contributed by atoms with Crippen LogP contribution in [-0.2, 0) is 14.9 Å². The topological polar surface area (TPSA) is 77.5 Å². The maximum absolute atomic E-state index is 11.9. The van der Waals surface area contributed by atoms with E-state index < -0.39 is 15.9 Å². The van der Waals surface area contributed by atoms with Crippen LogP contribution in [0.15, 0.2) is 0 Å². The monoisotopic (exact) mass is 457 g/mol. The molecule has 0 aromatic carbocycles. The average molecular weight is 458 g/mol. The SMILES string of the molecule is CCCCCCCCCCCCCCCCCC(=O)N(C)CCCS(=O)(=O)[O-].[K+]. The largest absolute Gasteiger partial charge is 1.00 e. The van der Waals surface area contributed by atoms with Gasteiger partial charge in [0.25, 0.3) is 0 Å². The molecular weight excluding hydrogens is 413 g/mol. The first-order valence-electron chi connectivity index (χ1n) is 11.5. The van der Waals surface area contributed by atoms with Gasteiger partial charge in [0.2, 0.25) is 5.91 Å². The molecule has 0 unspecified atom stereocenters. The van der Waals surface area contributed by atoms with Gasteiger partial charge in [0.05, 0.1) is 10.1 Å². The molecule has 0 spiro atoms. The summed E-state index contributed by atoms with van der Waals surface area (Å²) in [5, 5.41) is 0. The van der Waals surface area contributed by atoms with E-state index in [1.165, 1.54) is 88.4 Å². The molecule has 0 heterocycles. The molecule has 0 aliphatic heterocycles. The van der Waals surface area contributed by atoms with Crippen LogP contribution < -0.4 is 51.4 Å². The van der Waals surface area contributed by atoms with E-state index in [0.29, 0.717) is 13.0 Å². The normalized spacial score (nSPS) is 11.3. The molecule has 7 heteroatoms. The average Bonchev–Trinajstić information content (AvgIpc) is 2.63. The van der Waals surface area contributed by atoms with Crippen molar-refractivity contribution in [2.24, 2.45) is 0 Å². The number of nitrogens with zero attached hydrogens (tertiary/aromatic N) is 1. The fraction of sp³-hybridized carbons (Fsp3) is 0.955. The van der Waals surface area contributed by atoms with E-state index in [0.717, 1.165) is 12.8 Å². The van der Waals surface area contributed by atoms with Gasteiger partial charge in [-0.15, -0.1) is 0 Å². The summed E-state index contributed by atoms with van der Waals surface area (Å²) in [4.78, 5) is 13.5. The molecular formula is C22H44KNO4S. The van der Waals surface area contributed by atoms with Crippen molar-refractivity contribution in [3.05, 3.63) is 0 Å². The van der Waals surface area contributed by atoms with E-state index in [4.69, 9.17) is 0 Å². The fourth-order valence-corrected chi connectivity index (χ4v) is 3.92. The summed E-state index contributed by atoms with van der Waals surface area (Å²) in [6, 6.07) is 0. The molecule has 1 amide bonds. The van der Waals surface area contributed by atoms with E-state index in [1.807, 2.05) is 0 Å². The number of amides is 1. The third-order valence-corrected chi connectivity index (χ3v) is 6.10. The van der Waals surface area contributed by atoms with Gasteiger partial charge in [-0.25, -0.2) is 8.42 Å². The first-order chi connectivity index (χ1) is 13.4. The Kier molecular flexibility index (Phi) is 24.7. The third kappa shape index (κ3) is 25.2. The molecule has 0 radical (unpaired) electrons. The molecule has 0 aliphatic carbocycles. The molecule has 0 saturated heterocycles. The second-order valence-electron chi connectivity index (χ2n) is 8.13. The summed E-state index contributed by atoms with van der Waals surface area (Å²) in [5.41, 5.74) is 0. The van der Waals surface area contributed by atoms with Crippen LogP contribution in [0.3, 0.4) is 0 Å². The quantitative estimate of drug-likeness (QED) is 0.160. The van der Waals surface area contributed by atoms with Crippen LogP contribution in [0, 0.1) is 0 Å². The molecule has 5 nitrogen and oxygen atoms in total. The molecule has 0 aromatic rings. The summed E-state index contributed by atoms with van der Waals surface area (Å²) in [5.74, 6) is -0.359. The molecule has 168 valence electrons. The Morgan fingerprint density at radius 1 is 0.724 bits per heavy atom. The number of hydrogen-bond acceptors (Lipinski definition) is 4. The van der Waals surface area contributed by atoms with E-state index in [9.17, 15) is 17.8 Å². The van der Waals surface area contributed by atoms with Crippen molar-refractivity contribution in [1.29, 1.82) is 0 Å². The van der Waals surface area contributed by atoms with Crippen LogP contribution in [0.4, 0.5) is 0 Å². The fourth-order valence-electron chi connectivity index (χ4n) is 3.44. The molecule has 0 aromatic heterocycles. The molecule has 0 aliphatic rings. The van der Waals surface area contributed by atoms with Gasteiger partial charge in [0.1, 0.15) is 0 Å². The molecule has 0 saturated carbocycles. The molecule has 0 bridgehead atoms. The second-order valence-corrected chi connectivity index (χ2v) is 9.65. The third-order valence-electron chi connectivity index (χ3n) is 5.31. The van der Waals surface area contributed by atoms with Crippen LogP contribution in [-0.4, -0.2) is 43.1 Å². The Balaban J connectivity index is 0. The van der Waals surface area contributed by atoms with Crippen molar-refractivity contribution in [3.8, 4) is 0 Å². The number of carbonyl (C=O) groups excluding carboxylic acids is 1. The van der Waals surface area contributed by atoms with Crippen molar-refractivity contribution < 1.29 is 69.1 Å². The molecule has 0 fully saturated rings. The minimum absolute atomic E-state index is 0. The minimum atomic E-state index is -4.18. The van der Waals surface area contributed by atoms with Crippen LogP contribution in [0.25, 0.3) is 0 Å². The van der Waals surface area contributed by atoms with Crippen molar-refractivity contribution in [2.45, 2.75) is 116 Å². The summed E-state index contributed by atoms with van der Waals surface area (Å²) in [6.45, 7) is 2.59. The summed E-state index contributed by atoms with van der Waals surface area (Å²) < 4.78 is 31.7. The van der Waals surface area contributed by atoms with Gasteiger partial charge in [-0.2, -0.15) is 0 Å². The van der Waals surface area contributed by atoms with E-state index in [1.54, 1.807) is 7.05 Å². The van der Waals surface area contributed by atoms with Gasteiger partial charge in [0, 0.05) is 25.8 Å². The zero-order valence-electron chi connectivity index (χ0n) is 19.4. The zero-order valence-corrected chi connectivity index (χ0v) is 23.4. The van der Waals surface area contributed by atoms with Crippen LogP contribution in [0.5, 0.6) is 0 Å². The van der Waals surface area contributed by atoms with Crippen molar-refractivity contribution >= 4 is 16.0 Å². The number of unbranched alkanes of at least 4 members (excludes halogenated alkanes) is 14. The van der Waals surface area contributed by atoms with Gasteiger partial charge < -0.3 is 9.45 Å². The van der Waals surface area contributed by atoms with Crippen molar-refractivity contribution in [2.75, 3.05) is 19.3 Å². The minimum Gasteiger partial charge on any atom is -0.748 e. The predicted molar refractivity (Wildman–Crippen MR) is 116 cm³/mol. The molecule has 0 rings (SSSR count). The maximum atomic E-state index is 11.9. The zero-order chi connectivity index (χ0) is 21.1. The van der Waals surface area contributed by atoms with Crippen molar-refractivity contribution in [1.82, 2.24) is 4.90 Å². The van der Waals surface area contributed by atoms with Gasteiger partial charge >= 0.3 is 51.4 Å².